The molecule has 4 N–H and O–H groups in total. The van der Waals surface area contributed by atoms with Crippen molar-refractivity contribution in [3.63, 3.8) is 0 Å². The normalized spacial score (nSPS) is 12.6. The van der Waals surface area contributed by atoms with Gasteiger partial charge in [-0.25, -0.2) is 19.9 Å². The molecule has 0 aliphatic carbocycles. The number of amides is 1. The largest absolute Gasteiger partial charge is 0.489 e. The Kier molecular flexibility index (Phi) is 13.7. The molecule has 0 aliphatic rings. The first-order chi connectivity index (χ1) is 17.1. The molecule has 0 aromatic heterocycles. The zero-order chi connectivity index (χ0) is 26.9. The van der Waals surface area contributed by atoms with Gasteiger partial charge in [-0.15, -0.1) is 0 Å². The molecule has 1 amide bonds. The van der Waals surface area contributed by atoms with Crippen molar-refractivity contribution < 1.29 is 24.1 Å². The number of guanidine groups is 1. The van der Waals surface area contributed by atoms with E-state index in [4.69, 9.17) is 15.2 Å². The van der Waals surface area contributed by atoms with E-state index >= 15 is 0 Å². The average molecular weight is 502 g/mol. The number of methoxy groups -OCH3 is 1. The van der Waals surface area contributed by atoms with Crippen LogP contribution in [0.4, 0.5) is 0 Å². The topological polar surface area (TPSA) is 158 Å². The molecular formula is C25H35N5O6. The Labute approximate surface area is 211 Å². The minimum Gasteiger partial charge on any atom is -0.489 e. The minimum absolute atomic E-state index is 0.130. The van der Waals surface area contributed by atoms with Crippen LogP contribution < -0.4 is 21.2 Å². The molecule has 0 heterocycles. The number of hydrazine groups is 1. The molecule has 0 fully saturated rings. The van der Waals surface area contributed by atoms with E-state index in [-0.39, 0.29) is 18.9 Å². The quantitative estimate of drug-likeness (QED) is 0.0513. The standard InChI is InChI=1S/C25H35N5O6/c1-18(2)7-5-8-19(3)17-36-21-13-10-20(11-14-21)12-15-23(31)28-22(24(32)35-4)9-6-16-27-25(26)29-30(33)34/h7-8,10-15,22H,5-6,9,16-17H2,1-4H3,(H,28,31)(H3,26,27,29)/b15-12+,19-8+/t22-/m0/s1. The molecule has 0 bridgehead atoms. The van der Waals surface area contributed by atoms with E-state index in [0.29, 0.717) is 18.8 Å². The van der Waals surface area contributed by atoms with E-state index in [2.05, 4.69) is 36.3 Å². The third-order valence-electron chi connectivity index (χ3n) is 4.71. The number of nitrogens with zero attached hydrogens (tertiary/aromatic N) is 2. The highest BCUT2D eigenvalue weighted by Crippen LogP contribution is 2.14. The summed E-state index contributed by atoms with van der Waals surface area (Å²) < 4.78 is 10.5. The zero-order valence-electron chi connectivity index (χ0n) is 21.2. The molecule has 196 valence electrons. The molecule has 0 unspecified atom stereocenters. The fraction of sp³-hybridized carbons (Fsp3) is 0.400. The molecule has 1 rings (SSSR count). The van der Waals surface area contributed by atoms with Crippen LogP contribution in [-0.4, -0.2) is 49.2 Å². The number of benzene rings is 1. The van der Waals surface area contributed by atoms with Crippen LogP contribution in [0, 0.1) is 10.1 Å². The lowest BCUT2D eigenvalue weighted by atomic mass is 10.1. The number of allylic oxidation sites excluding steroid dienone is 3. The second-order valence-corrected chi connectivity index (χ2v) is 8.12. The first-order valence-corrected chi connectivity index (χ1v) is 11.4. The second-order valence-electron chi connectivity index (χ2n) is 8.12. The number of carbonyl (C=O) groups excluding carboxylic acids is 2. The molecule has 11 heteroatoms. The van der Waals surface area contributed by atoms with Crippen LogP contribution in [0.5, 0.6) is 5.75 Å². The van der Waals surface area contributed by atoms with E-state index in [9.17, 15) is 19.7 Å². The number of hydrogen-bond donors (Lipinski definition) is 3. The molecule has 0 radical (unpaired) electrons. The summed E-state index contributed by atoms with van der Waals surface area (Å²) in [6.07, 6.45) is 8.65. The maximum atomic E-state index is 12.3. The van der Waals surface area contributed by atoms with Gasteiger partial charge in [-0.3, -0.25) is 4.79 Å². The molecule has 1 aromatic rings. The Balaban J connectivity index is 2.57. The Morgan fingerprint density at radius 1 is 1.19 bits per heavy atom. The van der Waals surface area contributed by atoms with Crippen LogP contribution in [0.25, 0.3) is 6.08 Å². The van der Waals surface area contributed by atoms with Gasteiger partial charge in [0, 0.05) is 12.6 Å². The van der Waals surface area contributed by atoms with Crippen molar-refractivity contribution in [3.8, 4) is 5.75 Å². The van der Waals surface area contributed by atoms with Gasteiger partial charge in [0.1, 0.15) is 18.4 Å². The van der Waals surface area contributed by atoms with Gasteiger partial charge in [0.15, 0.2) is 5.03 Å². The van der Waals surface area contributed by atoms with Crippen molar-refractivity contribution in [1.29, 1.82) is 0 Å². The number of nitrogens with two attached hydrogens (primary N) is 1. The van der Waals surface area contributed by atoms with Gasteiger partial charge in [-0.05, 0) is 69.4 Å². The van der Waals surface area contributed by atoms with Gasteiger partial charge < -0.3 is 20.5 Å². The maximum absolute atomic E-state index is 12.3. The summed E-state index contributed by atoms with van der Waals surface area (Å²) in [5.41, 5.74) is 10.3. The number of nitro groups is 1. The van der Waals surface area contributed by atoms with Gasteiger partial charge in [0.2, 0.25) is 5.91 Å². The van der Waals surface area contributed by atoms with Crippen molar-refractivity contribution in [1.82, 2.24) is 10.7 Å². The van der Waals surface area contributed by atoms with E-state index in [1.807, 2.05) is 31.2 Å². The van der Waals surface area contributed by atoms with Gasteiger partial charge >= 0.3 is 5.97 Å². The van der Waals surface area contributed by atoms with Crippen LogP contribution in [0.1, 0.15) is 45.6 Å². The summed E-state index contributed by atoms with van der Waals surface area (Å²) in [6.45, 7) is 6.77. The van der Waals surface area contributed by atoms with Crippen molar-refractivity contribution in [2.75, 3.05) is 20.3 Å². The summed E-state index contributed by atoms with van der Waals surface area (Å²) in [6, 6.07) is 6.38. The van der Waals surface area contributed by atoms with Gasteiger partial charge in [-0.1, -0.05) is 35.3 Å². The number of rotatable bonds is 14. The SMILES string of the molecule is COC(=O)[C@H](CCCN=C(N)N[N+](=O)[O-])NC(=O)/C=C/c1ccc(OC/C(C)=C/CC=C(C)C)cc1. The summed E-state index contributed by atoms with van der Waals surface area (Å²) in [5.74, 6) is -0.706. The average Bonchev–Trinajstić information content (AvgIpc) is 2.82. The van der Waals surface area contributed by atoms with Crippen LogP contribution >= 0.6 is 0 Å². The van der Waals surface area contributed by atoms with Crippen LogP contribution in [-0.2, 0) is 14.3 Å². The van der Waals surface area contributed by atoms with Gasteiger partial charge in [-0.2, -0.15) is 0 Å². The van der Waals surface area contributed by atoms with Crippen molar-refractivity contribution in [3.05, 3.63) is 69.3 Å². The number of aliphatic imine (C=N–C) groups is 1. The van der Waals surface area contributed by atoms with E-state index in [0.717, 1.165) is 17.6 Å². The Morgan fingerprint density at radius 3 is 2.50 bits per heavy atom. The van der Waals surface area contributed by atoms with Gasteiger partial charge in [0.25, 0.3) is 5.96 Å². The molecule has 36 heavy (non-hydrogen) atoms. The molecular weight excluding hydrogens is 466 g/mol. The van der Waals surface area contributed by atoms with Crippen molar-refractivity contribution in [2.24, 2.45) is 10.7 Å². The lowest BCUT2D eigenvalue weighted by Crippen LogP contribution is -2.41. The van der Waals surface area contributed by atoms with Crippen LogP contribution in [0.3, 0.4) is 0 Å². The molecule has 0 saturated heterocycles. The van der Waals surface area contributed by atoms with Crippen LogP contribution in [0.2, 0.25) is 0 Å². The second kappa shape index (κ2) is 16.5. The number of carbonyl (C=O) groups is 2. The van der Waals surface area contributed by atoms with Crippen molar-refractivity contribution in [2.45, 2.75) is 46.1 Å². The predicted octanol–water partition coefficient (Wildman–Crippen LogP) is 2.92. The summed E-state index contributed by atoms with van der Waals surface area (Å²) in [7, 11) is 1.22. The molecule has 11 nitrogen and oxygen atoms in total. The highest BCUT2D eigenvalue weighted by molar-refractivity contribution is 5.94. The number of nitrogens with one attached hydrogen (secondary N) is 2. The highest BCUT2D eigenvalue weighted by atomic mass is 16.7. The fourth-order valence-electron chi connectivity index (χ4n) is 2.83. The summed E-state index contributed by atoms with van der Waals surface area (Å²) in [4.78, 5) is 38.4. The third-order valence-corrected chi connectivity index (χ3v) is 4.71. The fourth-order valence-corrected chi connectivity index (χ4v) is 2.83. The van der Waals surface area contributed by atoms with E-state index < -0.39 is 23.0 Å². The molecule has 1 atom stereocenters. The Morgan fingerprint density at radius 2 is 1.89 bits per heavy atom. The van der Waals surface area contributed by atoms with E-state index in [1.165, 1.54) is 18.8 Å². The molecule has 1 aromatic carbocycles. The molecule has 0 aliphatic heterocycles. The van der Waals surface area contributed by atoms with Crippen LogP contribution in [0.15, 0.2) is 58.6 Å². The first kappa shape index (κ1) is 29.9. The number of esters is 1. The first-order valence-electron chi connectivity index (χ1n) is 11.4. The van der Waals surface area contributed by atoms with E-state index in [1.54, 1.807) is 11.5 Å². The predicted molar refractivity (Wildman–Crippen MR) is 139 cm³/mol. The maximum Gasteiger partial charge on any atom is 0.328 e. The lowest BCUT2D eigenvalue weighted by molar-refractivity contribution is -0.525. The smallest absolute Gasteiger partial charge is 0.328 e. The summed E-state index contributed by atoms with van der Waals surface area (Å²) in [5, 5.41) is 12.1. The molecule has 0 spiro atoms. The third kappa shape index (κ3) is 13.5. The minimum atomic E-state index is -0.893. The number of hydrogen-bond acceptors (Lipinski definition) is 7. The monoisotopic (exact) mass is 501 g/mol. The van der Waals surface area contributed by atoms with Gasteiger partial charge in [0.05, 0.1) is 7.11 Å². The van der Waals surface area contributed by atoms with Crippen molar-refractivity contribution >= 4 is 23.9 Å². The zero-order valence-corrected chi connectivity index (χ0v) is 21.2. The number of ether oxygens (including phenoxy) is 2. The Hall–Kier alpha value is -4.15. The Bertz CT molecular complexity index is 995. The summed E-state index contributed by atoms with van der Waals surface area (Å²) >= 11 is 0. The molecule has 0 saturated carbocycles. The lowest BCUT2D eigenvalue weighted by Gasteiger charge is -2.14. The highest BCUT2D eigenvalue weighted by Gasteiger charge is 2.20.